The first-order valence-electron chi connectivity index (χ1n) is 9.24. The molecule has 0 radical (unpaired) electrons. The van der Waals surface area contributed by atoms with Crippen LogP contribution in [0.5, 0.6) is 5.75 Å². The lowest BCUT2D eigenvalue weighted by molar-refractivity contribution is -0.0838. The van der Waals surface area contributed by atoms with Crippen LogP contribution >= 0.6 is 11.6 Å². The molecule has 1 aliphatic carbocycles. The molecule has 0 amide bonds. The molecule has 1 saturated carbocycles. The second-order valence-corrected chi connectivity index (χ2v) is 7.91. The SMILES string of the molecule is COc1cccc(C(C2CCCCC2(O)c2cccc(Cl)c2)N(C)C)c1. The number of hydrogen-bond donors (Lipinski definition) is 1. The van der Waals surface area contributed by atoms with Crippen LogP contribution in [0.3, 0.4) is 0 Å². The zero-order valence-electron chi connectivity index (χ0n) is 15.8. The van der Waals surface area contributed by atoms with E-state index in [1.807, 2.05) is 36.4 Å². The molecule has 140 valence electrons. The Labute approximate surface area is 161 Å². The summed E-state index contributed by atoms with van der Waals surface area (Å²) in [5.41, 5.74) is 1.20. The predicted octanol–water partition coefficient (Wildman–Crippen LogP) is 5.03. The number of halogens is 1. The van der Waals surface area contributed by atoms with Crippen LogP contribution in [0, 0.1) is 5.92 Å². The minimum absolute atomic E-state index is 0.0804. The van der Waals surface area contributed by atoms with E-state index in [1.165, 1.54) is 5.56 Å². The van der Waals surface area contributed by atoms with Crippen LogP contribution in [0.1, 0.15) is 42.9 Å². The van der Waals surface area contributed by atoms with Crippen molar-refractivity contribution in [1.82, 2.24) is 4.90 Å². The summed E-state index contributed by atoms with van der Waals surface area (Å²) in [5, 5.41) is 12.5. The van der Waals surface area contributed by atoms with Crippen LogP contribution in [-0.4, -0.2) is 31.2 Å². The summed E-state index contributed by atoms with van der Waals surface area (Å²) in [6.45, 7) is 0. The van der Waals surface area contributed by atoms with Crippen molar-refractivity contribution in [3.8, 4) is 5.75 Å². The Morgan fingerprint density at radius 3 is 2.62 bits per heavy atom. The van der Waals surface area contributed by atoms with E-state index in [0.29, 0.717) is 5.02 Å². The van der Waals surface area contributed by atoms with Gasteiger partial charge >= 0.3 is 0 Å². The molecule has 2 aromatic rings. The molecule has 26 heavy (non-hydrogen) atoms. The second-order valence-electron chi connectivity index (χ2n) is 7.47. The van der Waals surface area contributed by atoms with Gasteiger partial charge in [-0.25, -0.2) is 0 Å². The number of nitrogens with zero attached hydrogens (tertiary/aromatic N) is 1. The Kier molecular flexibility index (Phi) is 5.91. The zero-order valence-corrected chi connectivity index (χ0v) is 16.5. The molecule has 0 aliphatic heterocycles. The van der Waals surface area contributed by atoms with Crippen molar-refractivity contribution in [3.05, 3.63) is 64.7 Å². The van der Waals surface area contributed by atoms with Crippen molar-refractivity contribution in [2.24, 2.45) is 5.92 Å². The van der Waals surface area contributed by atoms with Crippen molar-refractivity contribution >= 4 is 11.6 Å². The van der Waals surface area contributed by atoms with E-state index in [2.05, 4.69) is 31.1 Å². The summed E-state index contributed by atoms with van der Waals surface area (Å²) in [6.07, 6.45) is 3.88. The minimum atomic E-state index is -0.888. The Morgan fingerprint density at radius 2 is 1.92 bits per heavy atom. The van der Waals surface area contributed by atoms with Gasteiger partial charge in [-0.1, -0.05) is 48.7 Å². The monoisotopic (exact) mass is 373 g/mol. The fourth-order valence-electron chi connectivity index (χ4n) is 4.43. The van der Waals surface area contributed by atoms with Gasteiger partial charge in [0.15, 0.2) is 0 Å². The van der Waals surface area contributed by atoms with Gasteiger partial charge < -0.3 is 14.7 Å². The molecule has 0 spiro atoms. The van der Waals surface area contributed by atoms with Gasteiger partial charge in [-0.3, -0.25) is 0 Å². The molecular formula is C22H28ClNO2. The number of rotatable bonds is 5. The fraction of sp³-hybridized carbons (Fsp3) is 0.455. The topological polar surface area (TPSA) is 32.7 Å². The highest BCUT2D eigenvalue weighted by Gasteiger charge is 2.45. The highest BCUT2D eigenvalue weighted by Crippen LogP contribution is 2.49. The van der Waals surface area contributed by atoms with Gasteiger partial charge in [0.05, 0.1) is 12.7 Å². The van der Waals surface area contributed by atoms with E-state index in [9.17, 15) is 5.11 Å². The number of hydrogen-bond acceptors (Lipinski definition) is 3. The first kappa shape index (κ1) is 19.2. The van der Waals surface area contributed by atoms with Crippen LogP contribution in [0.25, 0.3) is 0 Å². The van der Waals surface area contributed by atoms with Gasteiger partial charge in [-0.2, -0.15) is 0 Å². The Hall–Kier alpha value is -1.55. The van der Waals surface area contributed by atoms with Crippen molar-refractivity contribution in [2.75, 3.05) is 21.2 Å². The van der Waals surface area contributed by atoms with Gasteiger partial charge in [-0.15, -0.1) is 0 Å². The molecule has 1 aliphatic rings. The van der Waals surface area contributed by atoms with Crippen LogP contribution in [0.2, 0.25) is 5.02 Å². The van der Waals surface area contributed by atoms with Gasteiger partial charge in [0, 0.05) is 17.0 Å². The third kappa shape index (κ3) is 3.75. The maximum Gasteiger partial charge on any atom is 0.119 e. The van der Waals surface area contributed by atoms with Crippen LogP contribution in [-0.2, 0) is 5.60 Å². The van der Waals surface area contributed by atoms with Crippen molar-refractivity contribution in [3.63, 3.8) is 0 Å². The van der Waals surface area contributed by atoms with E-state index in [4.69, 9.17) is 16.3 Å². The van der Waals surface area contributed by atoms with E-state index in [1.54, 1.807) is 7.11 Å². The lowest BCUT2D eigenvalue weighted by Gasteiger charge is -2.46. The molecule has 4 heteroatoms. The van der Waals surface area contributed by atoms with E-state index in [-0.39, 0.29) is 12.0 Å². The lowest BCUT2D eigenvalue weighted by Crippen LogP contribution is -2.45. The summed E-state index contributed by atoms with van der Waals surface area (Å²) in [7, 11) is 5.85. The Morgan fingerprint density at radius 1 is 1.15 bits per heavy atom. The number of aliphatic hydroxyl groups is 1. The summed E-state index contributed by atoms with van der Waals surface area (Å²) in [6, 6.07) is 16.0. The first-order chi connectivity index (χ1) is 12.5. The van der Waals surface area contributed by atoms with Gasteiger partial charge in [0.25, 0.3) is 0 Å². The molecule has 0 bridgehead atoms. The lowest BCUT2D eigenvalue weighted by atomic mass is 9.67. The van der Waals surface area contributed by atoms with Gasteiger partial charge in [0.1, 0.15) is 5.75 Å². The zero-order chi connectivity index (χ0) is 18.7. The molecule has 1 N–H and O–H groups in total. The smallest absolute Gasteiger partial charge is 0.119 e. The number of ether oxygens (including phenoxy) is 1. The molecule has 1 fully saturated rings. The summed E-state index contributed by atoms with van der Waals surface area (Å²) in [5.74, 6) is 0.924. The molecule has 3 nitrogen and oxygen atoms in total. The molecule has 3 rings (SSSR count). The molecule has 3 unspecified atom stereocenters. The highest BCUT2D eigenvalue weighted by atomic mass is 35.5. The molecule has 0 heterocycles. The van der Waals surface area contributed by atoms with E-state index in [0.717, 1.165) is 37.0 Å². The van der Waals surface area contributed by atoms with Crippen LogP contribution < -0.4 is 4.74 Å². The largest absolute Gasteiger partial charge is 0.497 e. The molecule has 3 atom stereocenters. The van der Waals surface area contributed by atoms with Crippen LogP contribution in [0.4, 0.5) is 0 Å². The van der Waals surface area contributed by atoms with Crippen molar-refractivity contribution in [2.45, 2.75) is 37.3 Å². The average molecular weight is 374 g/mol. The van der Waals surface area contributed by atoms with Gasteiger partial charge in [0.2, 0.25) is 0 Å². The normalized spacial score (nSPS) is 24.5. The number of methoxy groups -OCH3 is 1. The minimum Gasteiger partial charge on any atom is -0.497 e. The molecule has 2 aromatic carbocycles. The fourth-order valence-corrected chi connectivity index (χ4v) is 4.62. The van der Waals surface area contributed by atoms with Gasteiger partial charge in [-0.05, 0) is 62.3 Å². The first-order valence-corrected chi connectivity index (χ1v) is 9.62. The maximum atomic E-state index is 11.8. The van der Waals surface area contributed by atoms with E-state index < -0.39 is 5.60 Å². The van der Waals surface area contributed by atoms with Crippen molar-refractivity contribution in [1.29, 1.82) is 0 Å². The van der Waals surface area contributed by atoms with Crippen LogP contribution in [0.15, 0.2) is 48.5 Å². The third-order valence-electron chi connectivity index (χ3n) is 5.63. The third-order valence-corrected chi connectivity index (χ3v) is 5.87. The molecular weight excluding hydrogens is 346 g/mol. The van der Waals surface area contributed by atoms with Crippen molar-refractivity contribution < 1.29 is 9.84 Å². The quantitative estimate of drug-likeness (QED) is 0.797. The number of benzene rings is 2. The predicted molar refractivity (Wildman–Crippen MR) is 107 cm³/mol. The Bertz CT molecular complexity index is 748. The standard InChI is InChI=1S/C22H28ClNO2/c1-24(2)21(16-8-6-11-19(14-16)26-3)20-12-4-5-13-22(20,25)17-9-7-10-18(23)15-17/h6-11,14-15,20-21,25H,4-5,12-13H2,1-3H3. The molecule has 0 saturated heterocycles. The Balaban J connectivity index is 2.05. The summed E-state index contributed by atoms with van der Waals surface area (Å²) < 4.78 is 5.43. The summed E-state index contributed by atoms with van der Waals surface area (Å²) >= 11 is 6.23. The highest BCUT2D eigenvalue weighted by molar-refractivity contribution is 6.30. The second kappa shape index (κ2) is 7.99. The molecule has 0 aromatic heterocycles. The average Bonchev–Trinajstić information content (AvgIpc) is 2.63. The summed E-state index contributed by atoms with van der Waals surface area (Å²) in [4.78, 5) is 2.21. The maximum absolute atomic E-state index is 11.8. The van der Waals surface area contributed by atoms with E-state index >= 15 is 0 Å².